The van der Waals surface area contributed by atoms with Crippen LogP contribution in [0.15, 0.2) is 29.7 Å². The van der Waals surface area contributed by atoms with Gasteiger partial charge in [-0.25, -0.2) is 4.98 Å². The van der Waals surface area contributed by atoms with Gasteiger partial charge in [0.2, 0.25) is 5.91 Å². The minimum absolute atomic E-state index is 0.163. The topological polar surface area (TPSA) is 60.5 Å². The molecule has 0 bridgehead atoms. The summed E-state index contributed by atoms with van der Waals surface area (Å²) in [4.78, 5) is 16.1. The van der Waals surface area contributed by atoms with E-state index in [1.165, 1.54) is 6.08 Å². The van der Waals surface area contributed by atoms with Crippen LogP contribution in [0, 0.1) is 6.92 Å². The lowest BCUT2D eigenvalue weighted by molar-refractivity contribution is -0.116. The molecule has 1 heterocycles. The number of carbonyl (C=O) groups is 1. The van der Waals surface area contributed by atoms with Crippen LogP contribution in [0.4, 0.5) is 0 Å². The fourth-order valence-corrected chi connectivity index (χ4v) is 2.57. The van der Waals surface area contributed by atoms with Crippen molar-refractivity contribution < 1.29 is 14.3 Å². The fraction of sp³-hybridized carbons (Fsp3) is 0.294. The maximum absolute atomic E-state index is 11.8. The van der Waals surface area contributed by atoms with Crippen LogP contribution in [0.5, 0.6) is 11.5 Å². The number of hydrogen-bond acceptors (Lipinski definition) is 5. The van der Waals surface area contributed by atoms with Crippen molar-refractivity contribution >= 4 is 23.3 Å². The van der Waals surface area contributed by atoms with Crippen LogP contribution in [-0.2, 0) is 11.3 Å². The van der Waals surface area contributed by atoms with Gasteiger partial charge in [-0.05, 0) is 37.6 Å². The predicted molar refractivity (Wildman–Crippen MR) is 91.9 cm³/mol. The highest BCUT2D eigenvalue weighted by Crippen LogP contribution is 2.28. The van der Waals surface area contributed by atoms with Crippen molar-refractivity contribution in [1.29, 1.82) is 0 Å². The number of nitrogens with zero attached hydrogens (tertiary/aromatic N) is 1. The molecule has 0 atom stereocenters. The highest BCUT2D eigenvalue weighted by atomic mass is 32.1. The SMILES string of the molecule is CCOc1ccc(/C=C/C(=O)NCc2csc(C)n2)cc1OC. The maximum Gasteiger partial charge on any atom is 0.244 e. The first kappa shape index (κ1) is 17.0. The van der Waals surface area contributed by atoms with Gasteiger partial charge in [0.25, 0.3) is 0 Å². The van der Waals surface area contributed by atoms with Gasteiger partial charge in [-0.2, -0.15) is 0 Å². The van der Waals surface area contributed by atoms with Crippen LogP contribution in [0.3, 0.4) is 0 Å². The first-order chi connectivity index (χ1) is 11.1. The Morgan fingerprint density at radius 1 is 1.39 bits per heavy atom. The largest absolute Gasteiger partial charge is 0.493 e. The molecule has 23 heavy (non-hydrogen) atoms. The Bertz CT molecular complexity index is 695. The average molecular weight is 332 g/mol. The second-order valence-electron chi connectivity index (χ2n) is 4.75. The lowest BCUT2D eigenvalue weighted by Gasteiger charge is -2.09. The summed E-state index contributed by atoms with van der Waals surface area (Å²) in [5.41, 5.74) is 1.74. The van der Waals surface area contributed by atoms with Crippen LogP contribution in [0.1, 0.15) is 23.2 Å². The molecule has 2 rings (SSSR count). The zero-order chi connectivity index (χ0) is 16.7. The summed E-state index contributed by atoms with van der Waals surface area (Å²) >= 11 is 1.57. The number of carbonyl (C=O) groups excluding carboxylic acids is 1. The highest BCUT2D eigenvalue weighted by Gasteiger charge is 2.04. The first-order valence-corrected chi connectivity index (χ1v) is 8.18. The molecule has 6 heteroatoms. The van der Waals surface area contributed by atoms with Gasteiger partial charge in [0.05, 0.1) is 31.0 Å². The number of thiazole rings is 1. The molecule has 1 amide bonds. The van der Waals surface area contributed by atoms with Crippen molar-refractivity contribution in [2.24, 2.45) is 0 Å². The number of nitrogens with one attached hydrogen (secondary N) is 1. The third-order valence-corrected chi connectivity index (χ3v) is 3.85. The third-order valence-electron chi connectivity index (χ3n) is 3.02. The molecule has 0 aliphatic carbocycles. The zero-order valence-corrected chi connectivity index (χ0v) is 14.3. The molecule has 0 saturated heterocycles. The molecular formula is C17H20N2O3S. The van der Waals surface area contributed by atoms with Crippen LogP contribution in [0.2, 0.25) is 0 Å². The van der Waals surface area contributed by atoms with Crippen LogP contribution < -0.4 is 14.8 Å². The molecule has 0 radical (unpaired) electrons. The van der Waals surface area contributed by atoms with E-state index in [0.29, 0.717) is 24.7 Å². The maximum atomic E-state index is 11.8. The Balaban J connectivity index is 1.94. The van der Waals surface area contributed by atoms with Gasteiger partial charge in [-0.15, -0.1) is 11.3 Å². The van der Waals surface area contributed by atoms with Crippen molar-refractivity contribution in [3.63, 3.8) is 0 Å². The second-order valence-corrected chi connectivity index (χ2v) is 5.81. The molecule has 1 aromatic carbocycles. The van der Waals surface area contributed by atoms with Crippen molar-refractivity contribution in [3.8, 4) is 11.5 Å². The summed E-state index contributed by atoms with van der Waals surface area (Å²) in [5.74, 6) is 1.17. The molecule has 0 aliphatic heterocycles. The number of rotatable bonds is 7. The predicted octanol–water partition coefficient (Wildman–Crippen LogP) is 3.19. The second kappa shape index (κ2) is 8.33. The number of aryl methyl sites for hydroxylation is 1. The monoisotopic (exact) mass is 332 g/mol. The van der Waals surface area contributed by atoms with Gasteiger partial charge >= 0.3 is 0 Å². The summed E-state index contributed by atoms with van der Waals surface area (Å²) in [6.45, 7) is 4.86. The molecule has 0 aliphatic rings. The van der Waals surface area contributed by atoms with Crippen molar-refractivity contribution in [1.82, 2.24) is 10.3 Å². The lowest BCUT2D eigenvalue weighted by Crippen LogP contribution is -2.20. The molecule has 0 spiro atoms. The molecule has 2 aromatic rings. The van der Waals surface area contributed by atoms with Gasteiger partial charge in [0.15, 0.2) is 11.5 Å². The summed E-state index contributed by atoms with van der Waals surface area (Å²) in [7, 11) is 1.59. The molecule has 1 N–H and O–H groups in total. The van der Waals surface area contributed by atoms with Crippen LogP contribution in [0.25, 0.3) is 6.08 Å². The molecule has 0 saturated carbocycles. The van der Waals surface area contributed by atoms with Gasteiger partial charge in [0, 0.05) is 11.5 Å². The molecule has 5 nitrogen and oxygen atoms in total. The van der Waals surface area contributed by atoms with E-state index in [1.807, 2.05) is 37.4 Å². The normalized spacial score (nSPS) is 10.7. The Labute approximate surface area is 140 Å². The summed E-state index contributed by atoms with van der Waals surface area (Å²) in [5, 5.41) is 5.74. The number of aromatic nitrogens is 1. The van der Waals surface area contributed by atoms with E-state index in [9.17, 15) is 4.79 Å². The average Bonchev–Trinajstić information content (AvgIpc) is 2.97. The van der Waals surface area contributed by atoms with Gasteiger partial charge in [-0.3, -0.25) is 4.79 Å². The van der Waals surface area contributed by atoms with E-state index in [1.54, 1.807) is 24.5 Å². The molecule has 122 valence electrons. The summed E-state index contributed by atoms with van der Waals surface area (Å²) < 4.78 is 10.8. The minimum atomic E-state index is -0.163. The van der Waals surface area contributed by atoms with E-state index in [4.69, 9.17) is 9.47 Å². The number of ether oxygens (including phenoxy) is 2. The van der Waals surface area contributed by atoms with Gasteiger partial charge < -0.3 is 14.8 Å². The molecule has 1 aromatic heterocycles. The van der Waals surface area contributed by atoms with Crippen LogP contribution in [-0.4, -0.2) is 24.6 Å². The van der Waals surface area contributed by atoms with E-state index < -0.39 is 0 Å². The molecule has 0 fully saturated rings. The summed E-state index contributed by atoms with van der Waals surface area (Å²) in [6, 6.07) is 5.54. The Kier molecular flexibility index (Phi) is 6.17. The standard InChI is InChI=1S/C17H20N2O3S/c1-4-22-15-7-5-13(9-16(15)21-3)6-8-17(20)18-10-14-11-23-12(2)19-14/h5-9,11H,4,10H2,1-3H3,(H,18,20)/b8-6+. The van der Waals surface area contributed by atoms with Crippen LogP contribution >= 0.6 is 11.3 Å². The van der Waals surface area contributed by atoms with Gasteiger partial charge in [0.1, 0.15) is 0 Å². The zero-order valence-electron chi connectivity index (χ0n) is 13.5. The third kappa shape index (κ3) is 5.10. The minimum Gasteiger partial charge on any atom is -0.493 e. The number of amides is 1. The van der Waals surface area contributed by atoms with Crippen molar-refractivity contribution in [2.75, 3.05) is 13.7 Å². The smallest absolute Gasteiger partial charge is 0.244 e. The lowest BCUT2D eigenvalue weighted by atomic mass is 10.2. The first-order valence-electron chi connectivity index (χ1n) is 7.30. The Hall–Kier alpha value is -2.34. The molecule has 0 unspecified atom stereocenters. The van der Waals surface area contributed by atoms with E-state index in [-0.39, 0.29) is 5.91 Å². The number of hydrogen-bond donors (Lipinski definition) is 1. The quantitative estimate of drug-likeness (QED) is 0.791. The van der Waals surface area contributed by atoms with E-state index >= 15 is 0 Å². The Morgan fingerprint density at radius 3 is 2.87 bits per heavy atom. The van der Waals surface area contributed by atoms with Crippen molar-refractivity contribution in [3.05, 3.63) is 45.9 Å². The fourth-order valence-electron chi connectivity index (χ4n) is 1.96. The van der Waals surface area contributed by atoms with E-state index in [0.717, 1.165) is 16.3 Å². The number of benzene rings is 1. The Morgan fingerprint density at radius 2 is 2.22 bits per heavy atom. The van der Waals surface area contributed by atoms with E-state index in [2.05, 4.69) is 10.3 Å². The van der Waals surface area contributed by atoms with Gasteiger partial charge in [-0.1, -0.05) is 6.07 Å². The van der Waals surface area contributed by atoms with Crippen molar-refractivity contribution in [2.45, 2.75) is 20.4 Å². The summed E-state index contributed by atoms with van der Waals surface area (Å²) in [6.07, 6.45) is 3.23. The highest BCUT2D eigenvalue weighted by molar-refractivity contribution is 7.09. The number of methoxy groups -OCH3 is 1. The molecular weight excluding hydrogens is 312 g/mol.